The molecule has 0 atom stereocenters. The highest BCUT2D eigenvalue weighted by Gasteiger charge is 1.91. The van der Waals surface area contributed by atoms with Gasteiger partial charge in [-0.2, -0.15) is 0 Å². The zero-order valence-corrected chi connectivity index (χ0v) is 8.80. The summed E-state index contributed by atoms with van der Waals surface area (Å²) in [5, 5.41) is 0. The van der Waals surface area contributed by atoms with Gasteiger partial charge in [0.05, 0.1) is 0 Å². The van der Waals surface area contributed by atoms with E-state index in [1.54, 1.807) is 0 Å². The van der Waals surface area contributed by atoms with Crippen LogP contribution in [0.5, 0.6) is 0 Å². The first-order valence-corrected chi connectivity index (χ1v) is 4.92. The Morgan fingerprint density at radius 1 is 1.50 bits per heavy atom. The highest BCUT2D eigenvalue weighted by molar-refractivity contribution is 5.36. The van der Waals surface area contributed by atoms with Crippen molar-refractivity contribution in [3.8, 4) is 11.8 Å². The van der Waals surface area contributed by atoms with Crippen molar-refractivity contribution in [1.29, 1.82) is 0 Å². The summed E-state index contributed by atoms with van der Waals surface area (Å²) in [6.45, 7) is 4.89. The van der Waals surface area contributed by atoms with Gasteiger partial charge in [0, 0.05) is 18.5 Å². The van der Waals surface area contributed by atoms with Crippen LogP contribution in [0.3, 0.4) is 0 Å². The highest BCUT2D eigenvalue weighted by atomic mass is 14.5. The van der Waals surface area contributed by atoms with Crippen LogP contribution in [0.1, 0.15) is 31.4 Å². The van der Waals surface area contributed by atoms with Crippen molar-refractivity contribution < 1.29 is 0 Å². The molecule has 0 saturated carbocycles. The van der Waals surface area contributed by atoms with Crippen molar-refractivity contribution in [2.45, 2.75) is 26.8 Å². The van der Waals surface area contributed by atoms with Crippen molar-refractivity contribution in [1.82, 2.24) is 0 Å². The molecular formula is C13H16N. The average molecular weight is 186 g/mol. The molecule has 1 heteroatoms. The molecular weight excluding hydrogens is 170 g/mol. The van der Waals surface area contributed by atoms with Crippen LogP contribution in [0.4, 0.5) is 0 Å². The van der Waals surface area contributed by atoms with Crippen molar-refractivity contribution in [2.24, 2.45) is 11.7 Å². The quantitative estimate of drug-likeness (QED) is 0.705. The van der Waals surface area contributed by atoms with Crippen molar-refractivity contribution >= 4 is 0 Å². The topological polar surface area (TPSA) is 26.0 Å². The zero-order chi connectivity index (χ0) is 10.4. The summed E-state index contributed by atoms with van der Waals surface area (Å²) >= 11 is 0. The minimum atomic E-state index is 0.563. The molecule has 0 saturated heterocycles. The summed E-state index contributed by atoms with van der Waals surface area (Å²) < 4.78 is 0. The van der Waals surface area contributed by atoms with E-state index in [4.69, 9.17) is 5.73 Å². The third-order valence-electron chi connectivity index (χ3n) is 1.84. The lowest BCUT2D eigenvalue weighted by molar-refractivity contribution is 0.676. The Morgan fingerprint density at radius 3 is 2.93 bits per heavy atom. The Hall–Kier alpha value is -1.26. The van der Waals surface area contributed by atoms with Gasteiger partial charge in [0.2, 0.25) is 0 Å². The molecule has 1 nitrogen and oxygen atoms in total. The molecule has 0 amide bonds. The van der Waals surface area contributed by atoms with Gasteiger partial charge >= 0.3 is 0 Å². The van der Waals surface area contributed by atoms with Gasteiger partial charge in [0.25, 0.3) is 0 Å². The summed E-state index contributed by atoms with van der Waals surface area (Å²) in [6.07, 6.45) is 0.931. The largest absolute Gasteiger partial charge is 0.326 e. The fraction of sp³-hybridized carbons (Fsp3) is 0.385. The molecule has 0 aliphatic heterocycles. The fourth-order valence-corrected chi connectivity index (χ4v) is 1.06. The molecule has 1 aromatic carbocycles. The molecule has 1 rings (SSSR count). The SMILES string of the molecule is CC(C)CC#Cc1[c]ccc(CN)c1. The molecule has 0 heterocycles. The molecule has 0 fully saturated rings. The molecule has 1 aromatic rings. The van der Waals surface area contributed by atoms with Crippen LogP contribution in [0.25, 0.3) is 0 Å². The van der Waals surface area contributed by atoms with Crippen LogP contribution in [-0.4, -0.2) is 0 Å². The third kappa shape index (κ3) is 3.64. The number of rotatable bonds is 2. The number of nitrogens with two attached hydrogens (primary N) is 1. The zero-order valence-electron chi connectivity index (χ0n) is 8.80. The highest BCUT2D eigenvalue weighted by Crippen LogP contribution is 2.03. The van der Waals surface area contributed by atoms with E-state index >= 15 is 0 Å². The van der Waals surface area contributed by atoms with Gasteiger partial charge in [-0.25, -0.2) is 0 Å². The normalized spacial score (nSPS) is 9.71. The summed E-state index contributed by atoms with van der Waals surface area (Å²) in [4.78, 5) is 0. The minimum Gasteiger partial charge on any atom is -0.326 e. The predicted octanol–water partition coefficient (Wildman–Crippen LogP) is 2.34. The maximum absolute atomic E-state index is 5.53. The van der Waals surface area contributed by atoms with Crippen LogP contribution in [0.15, 0.2) is 18.2 Å². The minimum absolute atomic E-state index is 0.563. The van der Waals surface area contributed by atoms with E-state index in [0.717, 1.165) is 17.5 Å². The molecule has 0 aromatic heterocycles. The van der Waals surface area contributed by atoms with E-state index in [2.05, 4.69) is 31.8 Å². The van der Waals surface area contributed by atoms with Gasteiger partial charge in [-0.3, -0.25) is 0 Å². The van der Waals surface area contributed by atoms with E-state index in [1.807, 2.05) is 18.2 Å². The first-order valence-electron chi connectivity index (χ1n) is 4.92. The molecule has 73 valence electrons. The van der Waals surface area contributed by atoms with E-state index < -0.39 is 0 Å². The summed E-state index contributed by atoms with van der Waals surface area (Å²) in [6, 6.07) is 8.92. The van der Waals surface area contributed by atoms with E-state index in [1.165, 1.54) is 0 Å². The van der Waals surface area contributed by atoms with Crippen LogP contribution >= 0.6 is 0 Å². The van der Waals surface area contributed by atoms with Crippen molar-refractivity contribution in [3.05, 3.63) is 35.4 Å². The van der Waals surface area contributed by atoms with Crippen molar-refractivity contribution in [2.75, 3.05) is 0 Å². The summed E-state index contributed by atoms with van der Waals surface area (Å²) in [5.74, 6) is 6.85. The van der Waals surface area contributed by atoms with Gasteiger partial charge in [-0.1, -0.05) is 37.8 Å². The summed E-state index contributed by atoms with van der Waals surface area (Å²) in [5.41, 5.74) is 7.58. The second-order valence-electron chi connectivity index (χ2n) is 3.71. The Labute approximate surface area is 86.3 Å². The maximum Gasteiger partial charge on any atom is 0.0327 e. The lowest BCUT2D eigenvalue weighted by atomic mass is 10.1. The van der Waals surface area contributed by atoms with Gasteiger partial charge in [-0.15, -0.1) is 0 Å². The molecule has 1 radical (unpaired) electrons. The van der Waals surface area contributed by atoms with E-state index in [0.29, 0.717) is 12.5 Å². The Morgan fingerprint density at radius 2 is 2.29 bits per heavy atom. The Balaban J connectivity index is 2.69. The number of hydrogen-bond acceptors (Lipinski definition) is 1. The first kappa shape index (κ1) is 10.8. The van der Waals surface area contributed by atoms with Gasteiger partial charge in [-0.05, 0) is 23.6 Å². The van der Waals surface area contributed by atoms with Gasteiger partial charge in [0.15, 0.2) is 0 Å². The Kier molecular flexibility index (Phi) is 4.22. The molecule has 14 heavy (non-hydrogen) atoms. The molecule has 0 aliphatic carbocycles. The predicted molar refractivity (Wildman–Crippen MR) is 59.5 cm³/mol. The van der Waals surface area contributed by atoms with Crippen LogP contribution in [0, 0.1) is 23.8 Å². The lowest BCUT2D eigenvalue weighted by Crippen LogP contribution is -1.95. The molecule has 0 aliphatic rings. The standard InChI is InChI=1S/C13H16N/c1-11(2)5-3-6-12-7-4-8-13(9-12)10-14/h4,8-9,11H,5,10,14H2,1-2H3. The monoisotopic (exact) mass is 186 g/mol. The fourth-order valence-electron chi connectivity index (χ4n) is 1.06. The number of hydrogen-bond donors (Lipinski definition) is 1. The molecule has 2 N–H and O–H groups in total. The van der Waals surface area contributed by atoms with Crippen LogP contribution in [0.2, 0.25) is 0 Å². The van der Waals surface area contributed by atoms with Gasteiger partial charge < -0.3 is 5.73 Å². The maximum atomic E-state index is 5.53. The van der Waals surface area contributed by atoms with Crippen LogP contribution in [-0.2, 0) is 6.54 Å². The number of benzene rings is 1. The third-order valence-corrected chi connectivity index (χ3v) is 1.84. The van der Waals surface area contributed by atoms with E-state index in [-0.39, 0.29) is 0 Å². The second-order valence-corrected chi connectivity index (χ2v) is 3.71. The molecule has 0 spiro atoms. The van der Waals surface area contributed by atoms with Crippen LogP contribution < -0.4 is 5.73 Å². The van der Waals surface area contributed by atoms with Crippen molar-refractivity contribution in [3.63, 3.8) is 0 Å². The Bertz CT molecular complexity index is 342. The molecule has 0 unspecified atom stereocenters. The second kappa shape index (κ2) is 5.47. The lowest BCUT2D eigenvalue weighted by Gasteiger charge is -1.96. The average Bonchev–Trinajstić information content (AvgIpc) is 2.18. The molecule has 0 bridgehead atoms. The smallest absolute Gasteiger partial charge is 0.0327 e. The van der Waals surface area contributed by atoms with Gasteiger partial charge in [0.1, 0.15) is 0 Å². The first-order chi connectivity index (χ1) is 6.72. The van der Waals surface area contributed by atoms with E-state index in [9.17, 15) is 0 Å². The summed E-state index contributed by atoms with van der Waals surface area (Å²) in [7, 11) is 0.